The van der Waals surface area contributed by atoms with Crippen molar-refractivity contribution in [3.05, 3.63) is 22.4 Å². The first-order chi connectivity index (χ1) is 5.84. The summed E-state index contributed by atoms with van der Waals surface area (Å²) in [6.45, 7) is 3.39. The molecule has 0 aromatic carbocycles. The van der Waals surface area contributed by atoms with Gasteiger partial charge in [-0.05, 0) is 30.2 Å². The largest absolute Gasteiger partial charge is 0.309 e. The summed E-state index contributed by atoms with van der Waals surface area (Å²) in [5.41, 5.74) is 0. The van der Waals surface area contributed by atoms with Crippen molar-refractivity contribution in [1.82, 2.24) is 5.32 Å². The molecule has 0 amide bonds. The average Bonchev–Trinajstić information content (AvgIpc) is 2.47. The molecule has 66 valence electrons. The van der Waals surface area contributed by atoms with Gasteiger partial charge in [-0.1, -0.05) is 13.0 Å². The predicted molar refractivity (Wildman–Crippen MR) is 53.3 cm³/mol. The summed E-state index contributed by atoms with van der Waals surface area (Å²) in [5, 5.41) is 5.70. The third-order valence-corrected chi connectivity index (χ3v) is 3.40. The van der Waals surface area contributed by atoms with Gasteiger partial charge in [0, 0.05) is 17.5 Å². The Kier molecular flexibility index (Phi) is 2.47. The van der Waals surface area contributed by atoms with Crippen molar-refractivity contribution in [2.75, 3.05) is 0 Å². The summed E-state index contributed by atoms with van der Waals surface area (Å²) in [5.74, 6) is 0.950. The van der Waals surface area contributed by atoms with Gasteiger partial charge in [-0.15, -0.1) is 11.3 Å². The number of hydrogen-bond donors (Lipinski definition) is 1. The summed E-state index contributed by atoms with van der Waals surface area (Å²) < 4.78 is 0. The minimum absolute atomic E-state index is 0.794. The molecule has 0 spiro atoms. The summed E-state index contributed by atoms with van der Waals surface area (Å²) >= 11 is 1.84. The van der Waals surface area contributed by atoms with E-state index in [-0.39, 0.29) is 0 Å². The molecule has 12 heavy (non-hydrogen) atoms. The Morgan fingerprint density at radius 1 is 1.58 bits per heavy atom. The maximum absolute atomic E-state index is 3.56. The SMILES string of the molecule is CC1CC(NCc2cccs2)C1. The van der Waals surface area contributed by atoms with Crippen molar-refractivity contribution in [2.24, 2.45) is 5.92 Å². The first-order valence-corrected chi connectivity index (χ1v) is 5.48. The zero-order valence-corrected chi connectivity index (χ0v) is 8.23. The maximum Gasteiger partial charge on any atom is 0.0302 e. The molecular weight excluding hydrogens is 166 g/mol. The van der Waals surface area contributed by atoms with Crippen molar-refractivity contribution >= 4 is 11.3 Å². The van der Waals surface area contributed by atoms with Gasteiger partial charge >= 0.3 is 0 Å². The maximum atomic E-state index is 3.56. The molecule has 1 aliphatic carbocycles. The summed E-state index contributed by atoms with van der Waals surface area (Å²) in [6, 6.07) is 5.10. The van der Waals surface area contributed by atoms with E-state index >= 15 is 0 Å². The van der Waals surface area contributed by atoms with E-state index in [0.29, 0.717) is 0 Å². The van der Waals surface area contributed by atoms with Gasteiger partial charge in [0.15, 0.2) is 0 Å². The average molecular weight is 181 g/mol. The molecule has 0 unspecified atom stereocenters. The summed E-state index contributed by atoms with van der Waals surface area (Å²) in [7, 11) is 0. The lowest BCUT2D eigenvalue weighted by molar-refractivity contribution is 0.241. The highest BCUT2D eigenvalue weighted by Crippen LogP contribution is 2.26. The van der Waals surface area contributed by atoms with Crippen LogP contribution in [0.3, 0.4) is 0 Å². The number of rotatable bonds is 3. The quantitative estimate of drug-likeness (QED) is 0.756. The molecule has 2 heteroatoms. The van der Waals surface area contributed by atoms with Gasteiger partial charge in [0.05, 0.1) is 0 Å². The monoisotopic (exact) mass is 181 g/mol. The molecular formula is C10H15NS. The molecule has 1 aromatic rings. The third kappa shape index (κ3) is 1.87. The van der Waals surface area contributed by atoms with E-state index in [9.17, 15) is 0 Å². The van der Waals surface area contributed by atoms with Crippen LogP contribution >= 0.6 is 11.3 Å². The van der Waals surface area contributed by atoms with E-state index in [1.54, 1.807) is 0 Å². The molecule has 1 aromatic heterocycles. The van der Waals surface area contributed by atoms with Gasteiger partial charge in [0.1, 0.15) is 0 Å². The zero-order valence-electron chi connectivity index (χ0n) is 7.42. The van der Waals surface area contributed by atoms with Crippen molar-refractivity contribution in [3.8, 4) is 0 Å². The number of nitrogens with one attached hydrogen (secondary N) is 1. The fourth-order valence-corrected chi connectivity index (χ4v) is 2.38. The molecule has 2 rings (SSSR count). The fourth-order valence-electron chi connectivity index (χ4n) is 1.73. The van der Waals surface area contributed by atoms with Crippen LogP contribution in [-0.2, 0) is 6.54 Å². The number of hydrogen-bond acceptors (Lipinski definition) is 2. The van der Waals surface area contributed by atoms with E-state index < -0.39 is 0 Å². The molecule has 0 atom stereocenters. The molecule has 0 radical (unpaired) electrons. The topological polar surface area (TPSA) is 12.0 Å². The first-order valence-electron chi connectivity index (χ1n) is 4.60. The van der Waals surface area contributed by atoms with Crippen LogP contribution in [0.4, 0.5) is 0 Å². The third-order valence-electron chi connectivity index (χ3n) is 2.52. The van der Waals surface area contributed by atoms with Gasteiger partial charge in [-0.3, -0.25) is 0 Å². The second kappa shape index (κ2) is 3.58. The van der Waals surface area contributed by atoms with Crippen LogP contribution in [0.1, 0.15) is 24.6 Å². The Labute approximate surface area is 77.8 Å². The van der Waals surface area contributed by atoms with Gasteiger partial charge < -0.3 is 5.32 Å². The zero-order chi connectivity index (χ0) is 8.39. The lowest BCUT2D eigenvalue weighted by Gasteiger charge is -2.33. The molecule has 1 saturated carbocycles. The first kappa shape index (κ1) is 8.27. The minimum atomic E-state index is 0.794. The van der Waals surface area contributed by atoms with Gasteiger partial charge in [-0.2, -0.15) is 0 Å². The Morgan fingerprint density at radius 2 is 2.42 bits per heavy atom. The van der Waals surface area contributed by atoms with Gasteiger partial charge in [-0.25, -0.2) is 0 Å². The van der Waals surface area contributed by atoms with Crippen molar-refractivity contribution in [3.63, 3.8) is 0 Å². The van der Waals surface area contributed by atoms with Crippen LogP contribution in [-0.4, -0.2) is 6.04 Å². The Hall–Kier alpha value is -0.340. The Morgan fingerprint density at radius 3 is 3.00 bits per heavy atom. The molecule has 1 fully saturated rings. The van der Waals surface area contributed by atoms with E-state index in [2.05, 4.69) is 29.8 Å². The van der Waals surface area contributed by atoms with E-state index in [4.69, 9.17) is 0 Å². The van der Waals surface area contributed by atoms with E-state index in [0.717, 1.165) is 18.5 Å². The molecule has 1 heterocycles. The molecule has 1 N–H and O–H groups in total. The van der Waals surface area contributed by atoms with Crippen molar-refractivity contribution in [2.45, 2.75) is 32.4 Å². The molecule has 0 saturated heterocycles. The molecule has 0 bridgehead atoms. The van der Waals surface area contributed by atoms with Crippen LogP contribution in [0.2, 0.25) is 0 Å². The lowest BCUT2D eigenvalue weighted by Crippen LogP contribution is -2.39. The molecule has 1 aliphatic rings. The number of thiophene rings is 1. The van der Waals surface area contributed by atoms with Crippen molar-refractivity contribution in [1.29, 1.82) is 0 Å². The minimum Gasteiger partial charge on any atom is -0.309 e. The van der Waals surface area contributed by atoms with Gasteiger partial charge in [0.2, 0.25) is 0 Å². The van der Waals surface area contributed by atoms with E-state index in [1.165, 1.54) is 17.7 Å². The highest BCUT2D eigenvalue weighted by Gasteiger charge is 2.24. The van der Waals surface area contributed by atoms with Gasteiger partial charge in [0.25, 0.3) is 0 Å². The second-order valence-electron chi connectivity index (χ2n) is 3.73. The fraction of sp³-hybridized carbons (Fsp3) is 0.600. The summed E-state index contributed by atoms with van der Waals surface area (Å²) in [4.78, 5) is 1.45. The Balaban J connectivity index is 1.70. The highest BCUT2D eigenvalue weighted by molar-refractivity contribution is 7.09. The predicted octanol–water partition coefficient (Wildman–Crippen LogP) is 2.64. The second-order valence-corrected chi connectivity index (χ2v) is 4.77. The summed E-state index contributed by atoms with van der Waals surface area (Å²) in [6.07, 6.45) is 2.73. The van der Waals surface area contributed by atoms with Crippen LogP contribution < -0.4 is 5.32 Å². The highest BCUT2D eigenvalue weighted by atomic mass is 32.1. The van der Waals surface area contributed by atoms with Crippen LogP contribution in [0.15, 0.2) is 17.5 Å². The van der Waals surface area contributed by atoms with Crippen molar-refractivity contribution < 1.29 is 0 Å². The lowest BCUT2D eigenvalue weighted by atomic mass is 9.82. The van der Waals surface area contributed by atoms with E-state index in [1.807, 2.05) is 11.3 Å². The van der Waals surface area contributed by atoms with Crippen LogP contribution in [0.5, 0.6) is 0 Å². The van der Waals surface area contributed by atoms with Crippen LogP contribution in [0.25, 0.3) is 0 Å². The standard InChI is InChI=1S/C10H15NS/c1-8-5-9(6-8)11-7-10-3-2-4-12-10/h2-4,8-9,11H,5-7H2,1H3. The van der Waals surface area contributed by atoms with Crippen LogP contribution in [0, 0.1) is 5.92 Å². The molecule has 1 nitrogen and oxygen atoms in total. The normalized spacial score (nSPS) is 28.4. The smallest absolute Gasteiger partial charge is 0.0302 e. The molecule has 0 aliphatic heterocycles. The Bertz CT molecular complexity index is 224.